The molecule has 1 aromatic heterocycles. The van der Waals surface area contributed by atoms with Crippen LogP contribution in [0, 0.1) is 0 Å². The Morgan fingerprint density at radius 1 is 1.00 bits per heavy atom. The molecule has 3 rings (SSSR count). The minimum absolute atomic E-state index is 0.926. The maximum absolute atomic E-state index is 3.38. The van der Waals surface area contributed by atoms with Crippen molar-refractivity contribution < 1.29 is 0 Å². The van der Waals surface area contributed by atoms with Gasteiger partial charge in [-0.2, -0.15) is 0 Å². The van der Waals surface area contributed by atoms with Crippen molar-refractivity contribution in [2.24, 2.45) is 0 Å². The smallest absolute Gasteiger partial charge is 0.0423 e. The number of benzene rings is 1. The Morgan fingerprint density at radius 2 is 1.92 bits per heavy atom. The van der Waals surface area contributed by atoms with Crippen molar-refractivity contribution in [2.75, 3.05) is 5.32 Å². The quantitative estimate of drug-likeness (QED) is 0.625. The van der Waals surface area contributed by atoms with Crippen molar-refractivity contribution in [2.45, 2.75) is 6.54 Å². The van der Waals surface area contributed by atoms with Gasteiger partial charge in [0, 0.05) is 35.8 Å². The van der Waals surface area contributed by atoms with Gasteiger partial charge in [-0.05, 0) is 11.6 Å². The van der Waals surface area contributed by atoms with E-state index in [1.807, 2.05) is 0 Å². The number of hydrogen-bond donors (Lipinski definition) is 2. The lowest BCUT2D eigenvalue weighted by molar-refractivity contribution is 1.14. The summed E-state index contributed by atoms with van der Waals surface area (Å²) in [4.78, 5) is 3.14. The number of aromatic nitrogens is 1. The first-order valence-corrected chi connectivity index (χ1v) is 4.44. The number of H-pyrrole nitrogens is 1. The highest BCUT2D eigenvalue weighted by molar-refractivity contribution is 5.82. The number of fused-ring (bicyclic) bond motifs is 3. The molecule has 2 N–H and O–H groups in total. The normalized spacial score (nSPS) is 12.9. The molecular formula is C11H10N2. The summed E-state index contributed by atoms with van der Waals surface area (Å²) in [5, 5.41) is 3.38. The standard InChI is InChI=1S/C11H10N2/c1-2-4-11-9(3-1)10-7-12-5-8(10)6-13-11/h1-5,7,12-13H,6H2. The second kappa shape index (κ2) is 2.39. The summed E-state index contributed by atoms with van der Waals surface area (Å²) in [7, 11) is 0. The van der Waals surface area contributed by atoms with Crippen LogP contribution in [0.1, 0.15) is 5.56 Å². The lowest BCUT2D eigenvalue weighted by atomic mass is 9.99. The van der Waals surface area contributed by atoms with Gasteiger partial charge in [-0.15, -0.1) is 0 Å². The SMILES string of the molecule is c1ccc2c(c1)NCc1c[nH]cc1-2. The summed E-state index contributed by atoms with van der Waals surface area (Å²) in [6.45, 7) is 0.926. The fourth-order valence-corrected chi connectivity index (χ4v) is 1.86. The van der Waals surface area contributed by atoms with Gasteiger partial charge < -0.3 is 10.3 Å². The molecule has 0 aliphatic carbocycles. The Kier molecular flexibility index (Phi) is 1.25. The van der Waals surface area contributed by atoms with Gasteiger partial charge in [0.1, 0.15) is 0 Å². The van der Waals surface area contributed by atoms with E-state index in [1.54, 1.807) is 0 Å². The molecule has 0 fully saturated rings. The number of aromatic amines is 1. The minimum Gasteiger partial charge on any atom is -0.380 e. The first kappa shape index (κ1) is 6.78. The molecule has 0 bridgehead atoms. The monoisotopic (exact) mass is 170 g/mol. The summed E-state index contributed by atoms with van der Waals surface area (Å²) in [6, 6.07) is 8.39. The number of nitrogens with one attached hydrogen (secondary N) is 2. The number of para-hydroxylation sites is 1. The Bertz CT molecular complexity index is 443. The second-order valence-corrected chi connectivity index (χ2v) is 3.29. The fraction of sp³-hybridized carbons (Fsp3) is 0.0909. The molecule has 0 unspecified atom stereocenters. The first-order chi connectivity index (χ1) is 6.45. The molecular weight excluding hydrogens is 160 g/mol. The maximum atomic E-state index is 3.38. The predicted octanol–water partition coefficient (Wildman–Crippen LogP) is 2.61. The number of hydrogen-bond acceptors (Lipinski definition) is 1. The van der Waals surface area contributed by atoms with Gasteiger partial charge in [0.15, 0.2) is 0 Å². The zero-order valence-corrected chi connectivity index (χ0v) is 7.17. The van der Waals surface area contributed by atoms with Crippen LogP contribution in [0.2, 0.25) is 0 Å². The van der Waals surface area contributed by atoms with Crippen LogP contribution in [-0.2, 0) is 6.54 Å². The fourth-order valence-electron chi connectivity index (χ4n) is 1.86. The molecule has 2 heterocycles. The molecule has 2 heteroatoms. The molecule has 0 radical (unpaired) electrons. The lowest BCUT2D eigenvalue weighted by Crippen LogP contribution is -2.05. The van der Waals surface area contributed by atoms with Crippen molar-refractivity contribution in [1.29, 1.82) is 0 Å². The summed E-state index contributed by atoms with van der Waals surface area (Å²) < 4.78 is 0. The minimum atomic E-state index is 0.926. The third kappa shape index (κ3) is 0.886. The van der Waals surface area contributed by atoms with E-state index in [1.165, 1.54) is 22.4 Å². The maximum Gasteiger partial charge on any atom is 0.0423 e. The summed E-state index contributed by atoms with van der Waals surface area (Å²) in [5.41, 5.74) is 5.20. The van der Waals surface area contributed by atoms with Gasteiger partial charge in [-0.1, -0.05) is 18.2 Å². The van der Waals surface area contributed by atoms with E-state index in [9.17, 15) is 0 Å². The molecule has 0 amide bonds. The van der Waals surface area contributed by atoms with Gasteiger partial charge in [-0.3, -0.25) is 0 Å². The van der Waals surface area contributed by atoms with Crippen LogP contribution in [0.3, 0.4) is 0 Å². The molecule has 0 atom stereocenters. The Morgan fingerprint density at radius 3 is 2.92 bits per heavy atom. The third-order valence-corrected chi connectivity index (χ3v) is 2.52. The van der Waals surface area contributed by atoms with Gasteiger partial charge in [0.25, 0.3) is 0 Å². The van der Waals surface area contributed by atoms with Crippen LogP contribution in [0.5, 0.6) is 0 Å². The highest BCUT2D eigenvalue weighted by Crippen LogP contribution is 2.34. The first-order valence-electron chi connectivity index (χ1n) is 4.44. The van der Waals surface area contributed by atoms with Crippen LogP contribution < -0.4 is 5.32 Å². The summed E-state index contributed by atoms with van der Waals surface area (Å²) >= 11 is 0. The zero-order chi connectivity index (χ0) is 8.67. The largest absolute Gasteiger partial charge is 0.380 e. The van der Waals surface area contributed by atoms with E-state index in [-0.39, 0.29) is 0 Å². The molecule has 0 saturated heterocycles. The predicted molar refractivity (Wildman–Crippen MR) is 53.6 cm³/mol. The Balaban J connectivity index is 2.30. The summed E-state index contributed by atoms with van der Waals surface area (Å²) in [6.07, 6.45) is 4.12. The average molecular weight is 170 g/mol. The summed E-state index contributed by atoms with van der Waals surface area (Å²) in [5.74, 6) is 0. The molecule has 0 spiro atoms. The Labute approximate surface area is 76.6 Å². The number of rotatable bonds is 0. The van der Waals surface area contributed by atoms with Crippen molar-refractivity contribution in [1.82, 2.24) is 4.98 Å². The highest BCUT2D eigenvalue weighted by atomic mass is 14.9. The molecule has 1 aromatic carbocycles. The van der Waals surface area contributed by atoms with Crippen molar-refractivity contribution in [3.63, 3.8) is 0 Å². The second-order valence-electron chi connectivity index (χ2n) is 3.29. The molecule has 1 aliphatic rings. The van der Waals surface area contributed by atoms with Gasteiger partial charge in [0.2, 0.25) is 0 Å². The van der Waals surface area contributed by atoms with Crippen LogP contribution >= 0.6 is 0 Å². The van der Waals surface area contributed by atoms with Crippen LogP contribution in [-0.4, -0.2) is 4.98 Å². The van der Waals surface area contributed by atoms with E-state index < -0.39 is 0 Å². The van der Waals surface area contributed by atoms with Crippen LogP contribution in [0.4, 0.5) is 5.69 Å². The molecule has 2 nitrogen and oxygen atoms in total. The van der Waals surface area contributed by atoms with Crippen molar-refractivity contribution >= 4 is 5.69 Å². The number of anilines is 1. The van der Waals surface area contributed by atoms with E-state index in [2.05, 4.69) is 47.0 Å². The van der Waals surface area contributed by atoms with Crippen molar-refractivity contribution in [3.8, 4) is 11.1 Å². The van der Waals surface area contributed by atoms with Gasteiger partial charge in [0.05, 0.1) is 0 Å². The van der Waals surface area contributed by atoms with Gasteiger partial charge >= 0.3 is 0 Å². The molecule has 13 heavy (non-hydrogen) atoms. The van der Waals surface area contributed by atoms with E-state index in [0.717, 1.165) is 6.54 Å². The van der Waals surface area contributed by atoms with Crippen molar-refractivity contribution in [3.05, 3.63) is 42.2 Å². The third-order valence-electron chi connectivity index (χ3n) is 2.52. The zero-order valence-electron chi connectivity index (χ0n) is 7.17. The van der Waals surface area contributed by atoms with E-state index >= 15 is 0 Å². The van der Waals surface area contributed by atoms with Gasteiger partial charge in [-0.25, -0.2) is 0 Å². The Hall–Kier alpha value is -1.70. The van der Waals surface area contributed by atoms with Crippen LogP contribution in [0.15, 0.2) is 36.7 Å². The molecule has 1 aliphatic heterocycles. The molecule has 64 valence electrons. The molecule has 2 aromatic rings. The lowest BCUT2D eigenvalue weighted by Gasteiger charge is -2.17. The molecule has 0 saturated carbocycles. The highest BCUT2D eigenvalue weighted by Gasteiger charge is 2.14. The average Bonchev–Trinajstić information content (AvgIpc) is 2.65. The van der Waals surface area contributed by atoms with Crippen LogP contribution in [0.25, 0.3) is 11.1 Å². The topological polar surface area (TPSA) is 27.8 Å². The van der Waals surface area contributed by atoms with E-state index in [0.29, 0.717) is 0 Å². The van der Waals surface area contributed by atoms with E-state index in [4.69, 9.17) is 0 Å².